The van der Waals surface area contributed by atoms with E-state index >= 15 is 0 Å². The highest BCUT2D eigenvalue weighted by Gasteiger charge is 2.34. The molecule has 0 amide bonds. The first-order valence-electron chi connectivity index (χ1n) is 6.61. The predicted molar refractivity (Wildman–Crippen MR) is 71.2 cm³/mol. The van der Waals surface area contributed by atoms with Crippen molar-refractivity contribution in [3.05, 3.63) is 42.0 Å². The molecule has 0 nitrogen and oxygen atoms in total. The highest BCUT2D eigenvalue weighted by molar-refractivity contribution is 5.48. The second kappa shape index (κ2) is 5.89. The van der Waals surface area contributed by atoms with E-state index in [9.17, 15) is 0 Å². The molecule has 1 aliphatic rings. The standard InChI is InChI=1S/C16H22/c1-2-3-11-15-13-16(15)12-7-10-14-8-5-4-6-9-14/h4-10,15-16H,2-3,11-13H2,1H3/b10-7+/t15-,16+/m1/s1. The van der Waals surface area contributed by atoms with Crippen LogP contribution in [0.3, 0.4) is 0 Å². The van der Waals surface area contributed by atoms with Crippen molar-refractivity contribution >= 4 is 6.08 Å². The molecule has 0 aromatic heterocycles. The first kappa shape index (κ1) is 11.4. The van der Waals surface area contributed by atoms with Crippen LogP contribution in [0.15, 0.2) is 36.4 Å². The number of rotatable bonds is 6. The van der Waals surface area contributed by atoms with Crippen molar-refractivity contribution in [2.75, 3.05) is 0 Å². The van der Waals surface area contributed by atoms with Gasteiger partial charge in [0.15, 0.2) is 0 Å². The number of allylic oxidation sites excluding steroid dienone is 1. The predicted octanol–water partition coefficient (Wildman–Crippen LogP) is 4.92. The fourth-order valence-electron chi connectivity index (χ4n) is 2.36. The molecule has 0 heterocycles. The van der Waals surface area contributed by atoms with Crippen molar-refractivity contribution in [1.29, 1.82) is 0 Å². The summed E-state index contributed by atoms with van der Waals surface area (Å²) in [7, 11) is 0. The topological polar surface area (TPSA) is 0 Å². The van der Waals surface area contributed by atoms with Crippen LogP contribution in [0, 0.1) is 11.8 Å². The highest BCUT2D eigenvalue weighted by atomic mass is 14.4. The lowest BCUT2D eigenvalue weighted by Crippen LogP contribution is -1.81. The lowest BCUT2D eigenvalue weighted by molar-refractivity contribution is 0.605. The van der Waals surface area contributed by atoms with Gasteiger partial charge in [0.1, 0.15) is 0 Å². The average Bonchev–Trinajstić information content (AvgIpc) is 3.07. The molecule has 2 rings (SSSR count). The van der Waals surface area contributed by atoms with E-state index in [1.807, 2.05) is 0 Å². The molecule has 0 saturated heterocycles. The molecule has 1 aromatic carbocycles. The summed E-state index contributed by atoms with van der Waals surface area (Å²) in [5.41, 5.74) is 1.33. The summed E-state index contributed by atoms with van der Waals surface area (Å²) in [6, 6.07) is 10.6. The summed E-state index contributed by atoms with van der Waals surface area (Å²) in [6.07, 6.45) is 11.6. The summed E-state index contributed by atoms with van der Waals surface area (Å²) in [5.74, 6) is 2.03. The van der Waals surface area contributed by atoms with Gasteiger partial charge in [0.2, 0.25) is 0 Å². The van der Waals surface area contributed by atoms with Crippen LogP contribution in [0.4, 0.5) is 0 Å². The summed E-state index contributed by atoms with van der Waals surface area (Å²) in [4.78, 5) is 0. The molecular formula is C16H22. The van der Waals surface area contributed by atoms with Crippen LogP contribution >= 0.6 is 0 Å². The molecule has 86 valence electrons. The van der Waals surface area contributed by atoms with Crippen LogP contribution in [-0.4, -0.2) is 0 Å². The van der Waals surface area contributed by atoms with Gasteiger partial charge in [0.25, 0.3) is 0 Å². The number of unbranched alkanes of at least 4 members (excludes halogenated alkanes) is 1. The zero-order chi connectivity index (χ0) is 11.2. The monoisotopic (exact) mass is 214 g/mol. The Morgan fingerprint density at radius 2 is 2.00 bits per heavy atom. The van der Waals surface area contributed by atoms with Crippen LogP contribution in [0.25, 0.3) is 6.08 Å². The zero-order valence-corrected chi connectivity index (χ0v) is 10.2. The molecule has 0 spiro atoms. The summed E-state index contributed by atoms with van der Waals surface area (Å²) >= 11 is 0. The maximum absolute atomic E-state index is 2.35. The fraction of sp³-hybridized carbons (Fsp3) is 0.500. The molecule has 1 saturated carbocycles. The van der Waals surface area contributed by atoms with Crippen LogP contribution in [0.2, 0.25) is 0 Å². The Bertz CT molecular complexity index is 323. The first-order valence-corrected chi connectivity index (χ1v) is 6.61. The minimum Gasteiger partial charge on any atom is -0.0837 e. The maximum atomic E-state index is 2.35. The van der Waals surface area contributed by atoms with Gasteiger partial charge in [-0.25, -0.2) is 0 Å². The van der Waals surface area contributed by atoms with Gasteiger partial charge in [-0.05, 0) is 30.2 Å². The number of benzene rings is 1. The largest absolute Gasteiger partial charge is 0.0837 e. The number of hydrogen-bond acceptors (Lipinski definition) is 0. The van der Waals surface area contributed by atoms with Crippen molar-refractivity contribution in [3.63, 3.8) is 0 Å². The van der Waals surface area contributed by atoms with Crippen molar-refractivity contribution in [2.24, 2.45) is 11.8 Å². The fourth-order valence-corrected chi connectivity index (χ4v) is 2.36. The van der Waals surface area contributed by atoms with Crippen LogP contribution in [-0.2, 0) is 0 Å². The van der Waals surface area contributed by atoms with Gasteiger partial charge in [0, 0.05) is 0 Å². The Morgan fingerprint density at radius 3 is 2.75 bits per heavy atom. The van der Waals surface area contributed by atoms with Crippen molar-refractivity contribution in [2.45, 2.75) is 39.0 Å². The molecule has 0 heteroatoms. The lowest BCUT2D eigenvalue weighted by atomic mass is 10.1. The number of hydrogen-bond donors (Lipinski definition) is 0. The second-order valence-corrected chi connectivity index (χ2v) is 4.95. The van der Waals surface area contributed by atoms with Crippen molar-refractivity contribution in [3.8, 4) is 0 Å². The minimum atomic E-state index is 0.992. The Balaban J connectivity index is 1.68. The molecule has 16 heavy (non-hydrogen) atoms. The maximum Gasteiger partial charge on any atom is -0.0260 e. The summed E-state index contributed by atoms with van der Waals surface area (Å²) in [5, 5.41) is 0. The van der Waals surface area contributed by atoms with Gasteiger partial charge in [-0.2, -0.15) is 0 Å². The molecule has 0 aliphatic heterocycles. The van der Waals surface area contributed by atoms with Gasteiger partial charge in [-0.3, -0.25) is 0 Å². The SMILES string of the molecule is CCCC[C@@H]1C[C@@H]1C/C=C/c1ccccc1. The first-order chi connectivity index (χ1) is 7.90. The van der Waals surface area contributed by atoms with Gasteiger partial charge < -0.3 is 0 Å². The van der Waals surface area contributed by atoms with E-state index in [0.29, 0.717) is 0 Å². The lowest BCUT2D eigenvalue weighted by Gasteiger charge is -1.95. The zero-order valence-electron chi connectivity index (χ0n) is 10.2. The van der Waals surface area contributed by atoms with Gasteiger partial charge in [-0.1, -0.05) is 68.7 Å². The van der Waals surface area contributed by atoms with E-state index in [1.54, 1.807) is 0 Å². The third-order valence-electron chi connectivity index (χ3n) is 3.55. The Hall–Kier alpha value is -1.04. The van der Waals surface area contributed by atoms with Gasteiger partial charge in [-0.15, -0.1) is 0 Å². The van der Waals surface area contributed by atoms with Gasteiger partial charge >= 0.3 is 0 Å². The normalized spacial score (nSPS) is 23.8. The molecule has 2 atom stereocenters. The Kier molecular flexibility index (Phi) is 4.21. The van der Waals surface area contributed by atoms with Crippen LogP contribution in [0.1, 0.15) is 44.6 Å². The molecule has 0 radical (unpaired) electrons. The van der Waals surface area contributed by atoms with Crippen molar-refractivity contribution in [1.82, 2.24) is 0 Å². The third-order valence-corrected chi connectivity index (χ3v) is 3.55. The smallest absolute Gasteiger partial charge is 0.0260 e. The van der Waals surface area contributed by atoms with E-state index in [2.05, 4.69) is 49.4 Å². The second-order valence-electron chi connectivity index (χ2n) is 4.95. The molecule has 0 N–H and O–H groups in total. The average molecular weight is 214 g/mol. The molecule has 1 aromatic rings. The molecule has 1 aliphatic carbocycles. The summed E-state index contributed by atoms with van der Waals surface area (Å²) in [6.45, 7) is 2.28. The highest BCUT2D eigenvalue weighted by Crippen LogP contribution is 2.44. The molecule has 0 bridgehead atoms. The Labute approximate surface area is 99.4 Å². The van der Waals surface area contributed by atoms with E-state index in [0.717, 1.165) is 11.8 Å². The summed E-state index contributed by atoms with van der Waals surface area (Å²) < 4.78 is 0. The van der Waals surface area contributed by atoms with E-state index in [4.69, 9.17) is 0 Å². The van der Waals surface area contributed by atoms with Crippen molar-refractivity contribution < 1.29 is 0 Å². The molecule has 0 unspecified atom stereocenters. The molecule has 1 fully saturated rings. The van der Waals surface area contributed by atoms with E-state index in [-0.39, 0.29) is 0 Å². The van der Waals surface area contributed by atoms with Crippen LogP contribution < -0.4 is 0 Å². The Morgan fingerprint density at radius 1 is 1.19 bits per heavy atom. The third kappa shape index (κ3) is 3.52. The molecular weight excluding hydrogens is 192 g/mol. The quantitative estimate of drug-likeness (QED) is 0.630. The minimum absolute atomic E-state index is 0.992. The van der Waals surface area contributed by atoms with Gasteiger partial charge in [0.05, 0.1) is 0 Å². The van der Waals surface area contributed by atoms with Crippen LogP contribution in [0.5, 0.6) is 0 Å². The van der Waals surface area contributed by atoms with E-state index < -0.39 is 0 Å². The van der Waals surface area contributed by atoms with E-state index in [1.165, 1.54) is 37.7 Å².